The average molecular weight is 250 g/mol. The number of nitrogens with one attached hydrogen (secondary N) is 1. The number of thiocarbonyl (C=S) groups is 1. The first-order chi connectivity index (χ1) is 8.22. The van der Waals surface area contributed by atoms with Crippen molar-refractivity contribution in [3.8, 4) is 0 Å². The van der Waals surface area contributed by atoms with Gasteiger partial charge in [0.2, 0.25) is 5.95 Å². The van der Waals surface area contributed by atoms with E-state index in [9.17, 15) is 0 Å². The normalized spacial score (nSPS) is 30.5. The average Bonchev–Trinajstić information content (AvgIpc) is 2.91. The molecule has 3 unspecified atom stereocenters. The summed E-state index contributed by atoms with van der Waals surface area (Å²) in [6.45, 7) is 0. The van der Waals surface area contributed by atoms with Crippen LogP contribution in [0.3, 0.4) is 0 Å². The molecule has 1 aromatic heterocycles. The molecule has 6 heteroatoms. The minimum atomic E-state index is 0.291. The first-order valence-electron chi connectivity index (χ1n) is 5.77. The van der Waals surface area contributed by atoms with Crippen LogP contribution < -0.4 is 11.1 Å². The maximum Gasteiger partial charge on any atom is 0.223 e. The van der Waals surface area contributed by atoms with Crippen LogP contribution in [0.25, 0.3) is 0 Å². The Bertz CT molecular complexity index is 453. The molecule has 3 rings (SSSR count). The van der Waals surface area contributed by atoms with Gasteiger partial charge in [0.1, 0.15) is 10.7 Å². The summed E-state index contributed by atoms with van der Waals surface area (Å²) in [5, 5.41) is 3.31. The van der Waals surface area contributed by atoms with Gasteiger partial charge in [0.25, 0.3) is 0 Å². The van der Waals surface area contributed by atoms with Gasteiger partial charge in [-0.1, -0.05) is 12.2 Å². The number of ether oxygens (including phenoxy) is 1. The van der Waals surface area contributed by atoms with Crippen LogP contribution in [0.15, 0.2) is 12.3 Å². The first kappa shape index (κ1) is 10.9. The van der Waals surface area contributed by atoms with E-state index in [1.165, 1.54) is 6.42 Å². The largest absolute Gasteiger partial charge is 0.388 e. The third-order valence-corrected chi connectivity index (χ3v) is 3.54. The fourth-order valence-electron chi connectivity index (χ4n) is 2.52. The molecule has 0 aliphatic carbocycles. The molecule has 2 aliphatic rings. The van der Waals surface area contributed by atoms with Crippen molar-refractivity contribution in [1.82, 2.24) is 9.97 Å². The van der Waals surface area contributed by atoms with E-state index in [2.05, 4.69) is 15.3 Å². The predicted octanol–water partition coefficient (Wildman–Crippen LogP) is 0.843. The number of nitrogens with zero attached hydrogens (tertiary/aromatic N) is 2. The quantitative estimate of drug-likeness (QED) is 0.775. The van der Waals surface area contributed by atoms with Crippen LogP contribution in [0.5, 0.6) is 0 Å². The molecular weight excluding hydrogens is 236 g/mol. The number of nitrogens with two attached hydrogens (primary N) is 1. The van der Waals surface area contributed by atoms with Crippen molar-refractivity contribution in [1.29, 1.82) is 0 Å². The molecule has 2 saturated heterocycles. The molecule has 3 atom stereocenters. The van der Waals surface area contributed by atoms with E-state index in [1.807, 2.05) is 0 Å². The Labute approximate surface area is 105 Å². The Morgan fingerprint density at radius 3 is 3.06 bits per heavy atom. The Morgan fingerprint density at radius 2 is 2.41 bits per heavy atom. The van der Waals surface area contributed by atoms with Gasteiger partial charge in [0.15, 0.2) is 0 Å². The summed E-state index contributed by atoms with van der Waals surface area (Å²) in [7, 11) is 0. The van der Waals surface area contributed by atoms with Crippen molar-refractivity contribution >= 4 is 23.2 Å². The lowest BCUT2D eigenvalue weighted by molar-refractivity contribution is 0.102. The summed E-state index contributed by atoms with van der Waals surface area (Å²) >= 11 is 4.89. The molecule has 90 valence electrons. The maximum absolute atomic E-state index is 5.77. The van der Waals surface area contributed by atoms with E-state index < -0.39 is 0 Å². The van der Waals surface area contributed by atoms with Gasteiger partial charge >= 0.3 is 0 Å². The van der Waals surface area contributed by atoms with Crippen LogP contribution in [-0.4, -0.2) is 33.2 Å². The van der Waals surface area contributed by atoms with Crippen molar-refractivity contribution < 1.29 is 4.74 Å². The van der Waals surface area contributed by atoms with Gasteiger partial charge < -0.3 is 15.8 Å². The minimum Gasteiger partial charge on any atom is -0.388 e. The minimum absolute atomic E-state index is 0.291. The zero-order valence-electron chi connectivity index (χ0n) is 9.30. The van der Waals surface area contributed by atoms with E-state index in [-0.39, 0.29) is 0 Å². The van der Waals surface area contributed by atoms with Crippen molar-refractivity contribution in [2.75, 3.05) is 5.32 Å². The lowest BCUT2D eigenvalue weighted by Gasteiger charge is -2.19. The fourth-order valence-corrected chi connectivity index (χ4v) is 2.63. The highest BCUT2D eigenvalue weighted by Gasteiger charge is 2.40. The molecule has 17 heavy (non-hydrogen) atoms. The van der Waals surface area contributed by atoms with Crippen LogP contribution in [-0.2, 0) is 4.74 Å². The molecule has 0 amide bonds. The van der Waals surface area contributed by atoms with Crippen LogP contribution in [0, 0.1) is 0 Å². The summed E-state index contributed by atoms with van der Waals surface area (Å²) in [6.07, 6.45) is 5.71. The summed E-state index contributed by atoms with van der Waals surface area (Å²) in [6, 6.07) is 2.03. The van der Waals surface area contributed by atoms with Crippen molar-refractivity contribution in [2.24, 2.45) is 5.73 Å². The summed E-state index contributed by atoms with van der Waals surface area (Å²) in [5.41, 5.74) is 6.14. The van der Waals surface area contributed by atoms with Gasteiger partial charge in [0, 0.05) is 6.20 Å². The topological polar surface area (TPSA) is 73.1 Å². The third kappa shape index (κ3) is 2.10. The van der Waals surface area contributed by atoms with Gasteiger partial charge in [-0.2, -0.15) is 0 Å². The molecule has 3 N–H and O–H groups in total. The smallest absolute Gasteiger partial charge is 0.223 e. The monoisotopic (exact) mass is 250 g/mol. The van der Waals surface area contributed by atoms with Crippen molar-refractivity contribution in [2.45, 2.75) is 37.5 Å². The van der Waals surface area contributed by atoms with Crippen LogP contribution >= 0.6 is 12.2 Å². The Morgan fingerprint density at radius 1 is 1.53 bits per heavy atom. The molecule has 0 radical (unpaired) electrons. The number of fused-ring (bicyclic) bond motifs is 2. The second-order valence-corrected chi connectivity index (χ2v) is 4.93. The number of rotatable bonds is 3. The molecular formula is C11H14N4OS. The van der Waals surface area contributed by atoms with E-state index in [0.29, 0.717) is 34.9 Å². The second kappa shape index (κ2) is 4.19. The van der Waals surface area contributed by atoms with Crippen LogP contribution in [0.4, 0.5) is 5.95 Å². The third-order valence-electron chi connectivity index (χ3n) is 3.33. The zero-order valence-corrected chi connectivity index (χ0v) is 10.1. The fraction of sp³-hybridized carbons (Fsp3) is 0.545. The molecule has 0 saturated carbocycles. The van der Waals surface area contributed by atoms with Gasteiger partial charge in [-0.05, 0) is 25.3 Å². The van der Waals surface area contributed by atoms with E-state index in [4.69, 9.17) is 22.7 Å². The molecule has 2 bridgehead atoms. The molecule has 0 aromatic carbocycles. The molecule has 1 aromatic rings. The highest BCUT2D eigenvalue weighted by atomic mass is 32.1. The highest BCUT2D eigenvalue weighted by molar-refractivity contribution is 7.80. The number of aromatic nitrogens is 2. The van der Waals surface area contributed by atoms with Gasteiger partial charge in [-0.3, -0.25) is 0 Å². The van der Waals surface area contributed by atoms with Crippen molar-refractivity contribution in [3.63, 3.8) is 0 Å². The van der Waals surface area contributed by atoms with Crippen molar-refractivity contribution in [3.05, 3.63) is 18.0 Å². The van der Waals surface area contributed by atoms with E-state index in [0.717, 1.165) is 12.8 Å². The van der Waals surface area contributed by atoms with Gasteiger partial charge in [-0.15, -0.1) is 0 Å². The lowest BCUT2D eigenvalue weighted by atomic mass is 9.96. The molecule has 2 aliphatic heterocycles. The first-order valence-corrected chi connectivity index (χ1v) is 6.18. The Balaban J connectivity index is 1.73. The Hall–Kier alpha value is -1.27. The summed E-state index contributed by atoms with van der Waals surface area (Å²) < 4.78 is 5.77. The van der Waals surface area contributed by atoms with Crippen LogP contribution in [0.1, 0.15) is 25.0 Å². The highest BCUT2D eigenvalue weighted by Crippen LogP contribution is 2.35. The number of hydrogen-bond donors (Lipinski definition) is 2. The molecule has 2 fully saturated rings. The zero-order chi connectivity index (χ0) is 11.8. The second-order valence-electron chi connectivity index (χ2n) is 4.49. The van der Waals surface area contributed by atoms with Gasteiger partial charge in [-0.25, -0.2) is 9.97 Å². The van der Waals surface area contributed by atoms with Crippen LogP contribution in [0.2, 0.25) is 0 Å². The number of anilines is 1. The molecule has 0 spiro atoms. The molecule has 3 heterocycles. The van der Waals surface area contributed by atoms with Gasteiger partial charge in [0.05, 0.1) is 18.2 Å². The maximum atomic E-state index is 5.77. The Kier molecular flexibility index (Phi) is 2.68. The van der Waals surface area contributed by atoms with E-state index >= 15 is 0 Å². The molecule has 5 nitrogen and oxygen atoms in total. The summed E-state index contributed by atoms with van der Waals surface area (Å²) in [4.78, 5) is 8.74. The standard InChI is InChI=1S/C11H14N4OS/c12-10(17)7-3-4-13-11(14-7)15-8-5-6-1-2-9(8)16-6/h3-4,6,8-9H,1-2,5H2,(H2,12,17)(H,13,14,15). The predicted molar refractivity (Wildman–Crippen MR) is 67.8 cm³/mol. The number of hydrogen-bond acceptors (Lipinski definition) is 5. The van der Waals surface area contributed by atoms with E-state index in [1.54, 1.807) is 12.3 Å². The summed E-state index contributed by atoms with van der Waals surface area (Å²) in [5.74, 6) is 0.580. The SMILES string of the molecule is NC(=S)c1ccnc(NC2CC3CCC2O3)n1. The lowest BCUT2D eigenvalue weighted by Crippen LogP contribution is -2.31.